The predicted octanol–water partition coefficient (Wildman–Crippen LogP) is 3.02. The zero-order chi connectivity index (χ0) is 21.3. The molecule has 2 aromatic rings. The average Bonchev–Trinajstić information content (AvgIpc) is 2.74. The van der Waals surface area contributed by atoms with Gasteiger partial charge in [-0.05, 0) is 54.8 Å². The summed E-state index contributed by atoms with van der Waals surface area (Å²) >= 11 is 0. The first kappa shape index (κ1) is 22.9. The van der Waals surface area contributed by atoms with Gasteiger partial charge in [-0.15, -0.1) is 0 Å². The maximum Gasteiger partial charge on any atom is 0.264 e. The first-order valence-electron chi connectivity index (χ1n) is 9.51. The van der Waals surface area contributed by atoms with Crippen molar-refractivity contribution in [3.63, 3.8) is 0 Å². The minimum Gasteiger partial charge on any atom is -0.494 e. The quantitative estimate of drug-likeness (QED) is 0.446. The Kier molecular flexibility index (Phi) is 8.63. The number of unbranched alkanes of at least 4 members (excludes halogenated alkanes) is 1. The molecule has 0 saturated carbocycles. The summed E-state index contributed by atoms with van der Waals surface area (Å²) in [5.41, 5.74) is 1.49. The molecule has 0 saturated heterocycles. The Morgan fingerprint density at radius 1 is 1.07 bits per heavy atom. The van der Waals surface area contributed by atoms with Crippen molar-refractivity contribution in [2.24, 2.45) is 0 Å². The van der Waals surface area contributed by atoms with E-state index in [2.05, 4.69) is 12.2 Å². The minimum atomic E-state index is -3.73. The van der Waals surface area contributed by atoms with Crippen LogP contribution in [-0.2, 0) is 21.3 Å². The second kappa shape index (κ2) is 10.9. The van der Waals surface area contributed by atoms with Gasteiger partial charge in [0.15, 0.2) is 0 Å². The highest BCUT2D eigenvalue weighted by Crippen LogP contribution is 2.15. The number of rotatable bonds is 11. The lowest BCUT2D eigenvalue weighted by atomic mass is 10.1. The molecule has 29 heavy (non-hydrogen) atoms. The van der Waals surface area contributed by atoms with Gasteiger partial charge in [0.25, 0.3) is 15.9 Å². The molecule has 0 spiro atoms. The summed E-state index contributed by atoms with van der Waals surface area (Å²) in [5.74, 6) is 0.592. The van der Waals surface area contributed by atoms with Crippen molar-refractivity contribution < 1.29 is 22.8 Å². The lowest BCUT2D eigenvalue weighted by Gasteiger charge is -2.14. The van der Waals surface area contributed by atoms with Crippen molar-refractivity contribution in [1.82, 2.24) is 9.79 Å². The van der Waals surface area contributed by atoms with Crippen LogP contribution in [0.4, 0.5) is 0 Å². The van der Waals surface area contributed by atoms with Gasteiger partial charge < -0.3 is 10.1 Å². The molecule has 0 fully saturated rings. The van der Waals surface area contributed by atoms with E-state index in [1.165, 1.54) is 38.4 Å². The number of nitrogens with one attached hydrogen (secondary N) is 1. The van der Waals surface area contributed by atoms with Gasteiger partial charge in [-0.1, -0.05) is 29.9 Å². The van der Waals surface area contributed by atoms with Gasteiger partial charge in [0.2, 0.25) is 0 Å². The van der Waals surface area contributed by atoms with E-state index in [0.717, 1.165) is 28.6 Å². The highest BCUT2D eigenvalue weighted by atomic mass is 32.2. The summed E-state index contributed by atoms with van der Waals surface area (Å²) in [4.78, 5) is 17.1. The van der Waals surface area contributed by atoms with Crippen LogP contribution in [0.5, 0.6) is 5.75 Å². The summed E-state index contributed by atoms with van der Waals surface area (Å²) in [6.45, 7) is 3.31. The Morgan fingerprint density at radius 3 is 2.31 bits per heavy atom. The van der Waals surface area contributed by atoms with Crippen molar-refractivity contribution in [2.75, 3.05) is 27.3 Å². The maximum atomic E-state index is 12.3. The molecule has 8 heteroatoms. The number of ether oxygens (including phenoxy) is 1. The molecule has 158 valence electrons. The average molecular weight is 421 g/mol. The van der Waals surface area contributed by atoms with E-state index >= 15 is 0 Å². The van der Waals surface area contributed by atoms with Gasteiger partial charge in [0.05, 0.1) is 18.6 Å². The number of hydrogen-bond acceptors (Lipinski definition) is 5. The summed E-state index contributed by atoms with van der Waals surface area (Å²) < 4.78 is 30.7. The van der Waals surface area contributed by atoms with Crippen LogP contribution >= 0.6 is 0 Å². The Hall–Kier alpha value is -2.42. The van der Waals surface area contributed by atoms with Crippen molar-refractivity contribution in [2.45, 2.75) is 31.1 Å². The van der Waals surface area contributed by atoms with Crippen LogP contribution in [0.3, 0.4) is 0 Å². The third-order valence-electron chi connectivity index (χ3n) is 4.40. The van der Waals surface area contributed by atoms with E-state index in [-0.39, 0.29) is 10.8 Å². The number of amides is 1. The smallest absolute Gasteiger partial charge is 0.264 e. The molecule has 0 heterocycles. The summed E-state index contributed by atoms with van der Waals surface area (Å²) in [6.07, 6.45) is 2.82. The fourth-order valence-electron chi connectivity index (χ4n) is 2.53. The highest BCUT2D eigenvalue weighted by molar-refractivity contribution is 7.89. The van der Waals surface area contributed by atoms with Crippen molar-refractivity contribution in [3.05, 3.63) is 59.7 Å². The van der Waals surface area contributed by atoms with Gasteiger partial charge in [0, 0.05) is 19.2 Å². The monoisotopic (exact) mass is 420 g/mol. The normalized spacial score (nSPS) is 11.4. The number of nitrogens with zero attached hydrogens (tertiary/aromatic N) is 1. The molecule has 0 bridgehead atoms. The number of carbonyl (C=O) groups is 1. The highest BCUT2D eigenvalue weighted by Gasteiger charge is 2.20. The van der Waals surface area contributed by atoms with Crippen LogP contribution in [0.2, 0.25) is 0 Å². The number of sulfonamides is 1. The molecule has 2 rings (SSSR count). The maximum absolute atomic E-state index is 12.3. The van der Waals surface area contributed by atoms with Gasteiger partial charge in [0.1, 0.15) is 5.75 Å². The number of hydroxylamine groups is 1. The van der Waals surface area contributed by atoms with Crippen LogP contribution in [0.15, 0.2) is 53.4 Å². The molecular weight excluding hydrogens is 392 g/mol. The first-order chi connectivity index (χ1) is 13.9. The molecule has 0 unspecified atom stereocenters. The lowest BCUT2D eigenvalue weighted by Crippen LogP contribution is -2.27. The van der Waals surface area contributed by atoms with E-state index < -0.39 is 10.0 Å². The molecule has 0 aliphatic carbocycles. The van der Waals surface area contributed by atoms with Crippen molar-refractivity contribution >= 4 is 15.9 Å². The molecule has 0 atom stereocenters. The molecule has 1 amide bonds. The van der Waals surface area contributed by atoms with Crippen LogP contribution in [0.1, 0.15) is 35.7 Å². The van der Waals surface area contributed by atoms with E-state index in [0.29, 0.717) is 25.1 Å². The van der Waals surface area contributed by atoms with Crippen LogP contribution in [0, 0.1) is 0 Å². The standard InChI is InChI=1S/C21H28N2O5S/c1-4-5-16-28-19-10-6-17(7-11-19)14-15-22-21(24)18-8-12-20(13-9-18)29(25,26)23(2)27-3/h6-13H,4-5,14-16H2,1-3H3,(H,22,24). The molecule has 0 aromatic heterocycles. The second-order valence-electron chi connectivity index (χ2n) is 6.47. The van der Waals surface area contributed by atoms with E-state index in [1.54, 1.807) is 0 Å². The largest absolute Gasteiger partial charge is 0.494 e. The molecule has 0 aliphatic heterocycles. The second-order valence-corrected chi connectivity index (χ2v) is 8.41. The van der Waals surface area contributed by atoms with Crippen LogP contribution in [0.25, 0.3) is 0 Å². The third-order valence-corrected chi connectivity index (χ3v) is 6.09. The SMILES string of the molecule is CCCCOc1ccc(CCNC(=O)c2ccc(S(=O)(=O)N(C)OC)cc2)cc1. The Bertz CT molecular complexity index is 880. The molecule has 1 N–H and O–H groups in total. The summed E-state index contributed by atoms with van der Waals surface area (Å²) in [5, 5.41) is 2.84. The van der Waals surface area contributed by atoms with E-state index in [4.69, 9.17) is 9.57 Å². The molecule has 0 aliphatic rings. The number of carbonyl (C=O) groups excluding carboxylic acids is 1. The first-order valence-corrected chi connectivity index (χ1v) is 11.0. The topological polar surface area (TPSA) is 84.9 Å². The molecular formula is C21H28N2O5S. The fraction of sp³-hybridized carbons (Fsp3) is 0.381. The van der Waals surface area contributed by atoms with Gasteiger partial charge >= 0.3 is 0 Å². The van der Waals surface area contributed by atoms with Crippen molar-refractivity contribution in [1.29, 1.82) is 0 Å². The van der Waals surface area contributed by atoms with Gasteiger partial charge in [-0.25, -0.2) is 8.42 Å². The zero-order valence-corrected chi connectivity index (χ0v) is 17.9. The molecule has 7 nitrogen and oxygen atoms in total. The van der Waals surface area contributed by atoms with Gasteiger partial charge in [-0.2, -0.15) is 0 Å². The van der Waals surface area contributed by atoms with Crippen molar-refractivity contribution in [3.8, 4) is 5.75 Å². The summed E-state index contributed by atoms with van der Waals surface area (Å²) in [6, 6.07) is 13.6. The van der Waals surface area contributed by atoms with E-state index in [1.807, 2.05) is 24.3 Å². The lowest BCUT2D eigenvalue weighted by molar-refractivity contribution is -0.0258. The third kappa shape index (κ3) is 6.56. The fourth-order valence-corrected chi connectivity index (χ4v) is 3.51. The number of benzene rings is 2. The number of hydrogen-bond donors (Lipinski definition) is 1. The molecule has 2 aromatic carbocycles. The Balaban J connectivity index is 1.85. The minimum absolute atomic E-state index is 0.0552. The molecule has 0 radical (unpaired) electrons. The Labute approximate surface area is 172 Å². The zero-order valence-electron chi connectivity index (χ0n) is 17.1. The van der Waals surface area contributed by atoms with Gasteiger partial charge in [-0.3, -0.25) is 9.63 Å². The van der Waals surface area contributed by atoms with E-state index in [9.17, 15) is 13.2 Å². The summed E-state index contributed by atoms with van der Waals surface area (Å²) in [7, 11) is -1.15. The predicted molar refractivity (Wildman–Crippen MR) is 111 cm³/mol. The van der Waals surface area contributed by atoms with Crippen LogP contribution in [-0.4, -0.2) is 46.1 Å². The Morgan fingerprint density at radius 2 is 1.72 bits per heavy atom. The van der Waals surface area contributed by atoms with Crippen LogP contribution < -0.4 is 10.1 Å².